The lowest BCUT2D eigenvalue weighted by molar-refractivity contribution is 0.426. The van der Waals surface area contributed by atoms with Gasteiger partial charge in [-0.3, -0.25) is 4.57 Å². The van der Waals surface area contributed by atoms with Crippen molar-refractivity contribution in [2.75, 3.05) is 0 Å². The summed E-state index contributed by atoms with van der Waals surface area (Å²) < 4.78 is 1.81. The Morgan fingerprint density at radius 3 is 1.79 bits per heavy atom. The van der Waals surface area contributed by atoms with E-state index in [9.17, 15) is 25.8 Å². The zero-order valence-corrected chi connectivity index (χ0v) is 19.8. The average Bonchev–Trinajstić information content (AvgIpc) is 3.37. The molecule has 38 heavy (non-hydrogen) atoms. The Kier molecular flexibility index (Phi) is 5.37. The minimum absolute atomic E-state index is 0.167. The molecule has 5 aromatic carbocycles. The van der Waals surface area contributed by atoms with Gasteiger partial charge >= 0.3 is 7.12 Å². The fraction of sp³-hybridized carbons (Fsp3) is 0. The molecule has 0 fully saturated rings. The highest BCUT2D eigenvalue weighted by Crippen LogP contribution is 2.40. The zero-order valence-electron chi connectivity index (χ0n) is 19.8. The van der Waals surface area contributed by atoms with E-state index in [0.717, 1.165) is 27.1 Å². The predicted octanol–water partition coefficient (Wildman–Crippen LogP) is 4.29. The lowest BCUT2D eigenvalue weighted by Crippen LogP contribution is -2.29. The number of nitriles is 3. The molecular weight excluding hydrogens is 473 g/mol. The lowest BCUT2D eigenvalue weighted by Gasteiger charge is -2.15. The Morgan fingerprint density at radius 2 is 1.24 bits per heavy atom. The van der Waals surface area contributed by atoms with Gasteiger partial charge in [0, 0.05) is 16.3 Å². The van der Waals surface area contributed by atoms with Crippen molar-refractivity contribution in [3.8, 4) is 35.3 Å². The van der Waals surface area contributed by atoms with E-state index < -0.39 is 7.12 Å². The minimum Gasteiger partial charge on any atom is -0.423 e. The van der Waals surface area contributed by atoms with Crippen LogP contribution in [0.1, 0.15) is 16.7 Å². The van der Waals surface area contributed by atoms with Crippen LogP contribution in [-0.2, 0) is 0 Å². The first kappa shape index (κ1) is 23.0. The molecule has 6 aromatic rings. The van der Waals surface area contributed by atoms with E-state index in [1.165, 1.54) is 12.1 Å². The van der Waals surface area contributed by atoms with Crippen molar-refractivity contribution in [1.82, 2.24) is 9.55 Å². The molecule has 1 aromatic heterocycles. The summed E-state index contributed by atoms with van der Waals surface area (Å²) in [5.74, 6) is 0.471. The van der Waals surface area contributed by atoms with Crippen LogP contribution in [0.4, 0.5) is 0 Å². The van der Waals surface area contributed by atoms with Gasteiger partial charge in [0.05, 0.1) is 39.5 Å². The summed E-state index contributed by atoms with van der Waals surface area (Å²) in [6.07, 6.45) is 0. The van der Waals surface area contributed by atoms with Gasteiger partial charge in [0.2, 0.25) is 0 Å². The molecule has 0 spiro atoms. The number of fused-ring (bicyclic) bond motifs is 6. The van der Waals surface area contributed by atoms with Gasteiger partial charge in [-0.2, -0.15) is 15.8 Å². The largest absolute Gasteiger partial charge is 0.488 e. The molecule has 0 saturated heterocycles. The van der Waals surface area contributed by atoms with Gasteiger partial charge in [-0.05, 0) is 28.4 Å². The molecular formula is C30H16BN5O2. The van der Waals surface area contributed by atoms with Crippen molar-refractivity contribution in [2.24, 2.45) is 0 Å². The van der Waals surface area contributed by atoms with Crippen molar-refractivity contribution < 1.29 is 10.0 Å². The molecule has 0 aliphatic rings. The maximum atomic E-state index is 10.1. The van der Waals surface area contributed by atoms with Crippen LogP contribution in [0, 0.1) is 34.0 Å². The SMILES string of the molecule is N#Cc1cc(C#N)c(-n2c(-c3ccc(B(O)O)cc3)nc3c4ccccc4c4ccccc4c32)c(C#N)c1. The van der Waals surface area contributed by atoms with Gasteiger partial charge in [0.15, 0.2) is 0 Å². The van der Waals surface area contributed by atoms with E-state index in [1.807, 2.05) is 59.2 Å². The standard InChI is InChI=1S/C30H16BN5O2/c32-15-18-13-20(16-33)28(21(14-18)17-34)36-29-26-8-4-2-6-24(26)23-5-1-3-7-25(23)27(29)35-30(36)19-9-11-22(12-10-19)31(37)38/h1-14,37-38H. The molecule has 176 valence electrons. The minimum atomic E-state index is -1.62. The second-order valence-corrected chi connectivity index (χ2v) is 8.81. The van der Waals surface area contributed by atoms with E-state index in [1.54, 1.807) is 24.3 Å². The van der Waals surface area contributed by atoms with Crippen molar-refractivity contribution in [3.05, 3.63) is 102 Å². The molecule has 0 amide bonds. The number of hydrogen-bond acceptors (Lipinski definition) is 6. The molecule has 8 heteroatoms. The fourth-order valence-electron chi connectivity index (χ4n) is 5.03. The molecule has 0 aliphatic heterocycles. The Bertz CT molecular complexity index is 2010. The van der Waals surface area contributed by atoms with Crippen LogP contribution in [0.3, 0.4) is 0 Å². The first-order chi connectivity index (χ1) is 18.5. The lowest BCUT2D eigenvalue weighted by atomic mass is 9.80. The highest BCUT2D eigenvalue weighted by molar-refractivity contribution is 6.58. The molecule has 7 nitrogen and oxygen atoms in total. The van der Waals surface area contributed by atoms with Gasteiger partial charge < -0.3 is 10.0 Å². The topological polar surface area (TPSA) is 130 Å². The Hall–Kier alpha value is -5.46. The second-order valence-electron chi connectivity index (χ2n) is 8.81. The van der Waals surface area contributed by atoms with Gasteiger partial charge in [0.1, 0.15) is 18.0 Å². The molecule has 0 saturated carbocycles. The summed E-state index contributed by atoms with van der Waals surface area (Å²) in [5.41, 5.74) is 3.26. The first-order valence-corrected chi connectivity index (χ1v) is 11.7. The summed E-state index contributed by atoms with van der Waals surface area (Å²) in [7, 11) is -1.62. The molecule has 2 N–H and O–H groups in total. The van der Waals surface area contributed by atoms with E-state index >= 15 is 0 Å². The summed E-state index contributed by atoms with van der Waals surface area (Å²) in [4.78, 5) is 5.06. The van der Waals surface area contributed by atoms with Gasteiger partial charge in [0.25, 0.3) is 0 Å². The van der Waals surface area contributed by atoms with Crippen LogP contribution in [0.5, 0.6) is 0 Å². The van der Waals surface area contributed by atoms with E-state index in [4.69, 9.17) is 4.98 Å². The number of aromatic nitrogens is 2. The summed E-state index contributed by atoms with van der Waals surface area (Å²) in [6.45, 7) is 0. The molecule has 0 radical (unpaired) electrons. The molecule has 6 rings (SSSR count). The normalized spacial score (nSPS) is 10.8. The third kappa shape index (κ3) is 3.40. The third-order valence-corrected chi connectivity index (χ3v) is 6.70. The molecule has 0 atom stereocenters. The molecule has 0 bridgehead atoms. The van der Waals surface area contributed by atoms with Gasteiger partial charge in [-0.1, -0.05) is 72.8 Å². The maximum absolute atomic E-state index is 10.1. The van der Waals surface area contributed by atoms with Gasteiger partial charge in [-0.25, -0.2) is 4.98 Å². The van der Waals surface area contributed by atoms with Crippen molar-refractivity contribution in [3.63, 3.8) is 0 Å². The van der Waals surface area contributed by atoms with E-state index in [0.29, 0.717) is 28.1 Å². The first-order valence-electron chi connectivity index (χ1n) is 11.7. The number of hydrogen-bond donors (Lipinski definition) is 2. The Morgan fingerprint density at radius 1 is 0.684 bits per heavy atom. The number of imidazole rings is 1. The van der Waals surface area contributed by atoms with Crippen LogP contribution in [-0.4, -0.2) is 26.7 Å². The Balaban J connectivity index is 1.86. The van der Waals surface area contributed by atoms with Crippen LogP contribution < -0.4 is 5.46 Å². The quantitative estimate of drug-likeness (QED) is 0.282. The van der Waals surface area contributed by atoms with Crippen molar-refractivity contribution in [1.29, 1.82) is 15.8 Å². The molecule has 0 aliphatic carbocycles. The maximum Gasteiger partial charge on any atom is 0.488 e. The van der Waals surface area contributed by atoms with Crippen LogP contribution >= 0.6 is 0 Å². The fourth-order valence-corrected chi connectivity index (χ4v) is 5.03. The summed E-state index contributed by atoms with van der Waals surface area (Å²) in [6, 6.07) is 31.8. The van der Waals surface area contributed by atoms with Crippen LogP contribution in [0.25, 0.3) is 49.7 Å². The summed E-state index contributed by atoms with van der Waals surface area (Å²) >= 11 is 0. The van der Waals surface area contributed by atoms with E-state index in [2.05, 4.69) is 12.1 Å². The van der Waals surface area contributed by atoms with E-state index in [-0.39, 0.29) is 16.7 Å². The van der Waals surface area contributed by atoms with Crippen molar-refractivity contribution >= 4 is 45.2 Å². The number of nitrogens with zero attached hydrogens (tertiary/aromatic N) is 5. The van der Waals surface area contributed by atoms with Gasteiger partial charge in [-0.15, -0.1) is 0 Å². The summed E-state index contributed by atoms with van der Waals surface area (Å²) in [5, 5.41) is 52.7. The highest BCUT2D eigenvalue weighted by atomic mass is 16.4. The van der Waals surface area contributed by atoms with Crippen LogP contribution in [0.2, 0.25) is 0 Å². The average molecular weight is 489 g/mol. The zero-order chi connectivity index (χ0) is 26.4. The molecule has 0 unspecified atom stereocenters. The smallest absolute Gasteiger partial charge is 0.423 e. The third-order valence-electron chi connectivity index (χ3n) is 6.70. The number of benzene rings is 5. The number of rotatable bonds is 3. The predicted molar refractivity (Wildman–Crippen MR) is 145 cm³/mol. The van der Waals surface area contributed by atoms with Crippen molar-refractivity contribution in [2.45, 2.75) is 0 Å². The second kappa shape index (κ2) is 8.89. The highest BCUT2D eigenvalue weighted by Gasteiger charge is 2.24. The Labute approximate surface area is 217 Å². The van der Waals surface area contributed by atoms with Crippen LogP contribution in [0.15, 0.2) is 84.9 Å². The molecule has 1 heterocycles. The monoisotopic (exact) mass is 489 g/mol.